The van der Waals surface area contributed by atoms with Gasteiger partial charge >= 0.3 is 0 Å². The molecule has 2 heterocycles. The molecular formula is C20H20FN3O2. The van der Waals surface area contributed by atoms with Crippen molar-refractivity contribution in [1.82, 2.24) is 10.2 Å². The van der Waals surface area contributed by atoms with Crippen molar-refractivity contribution in [2.75, 3.05) is 37.7 Å². The third kappa shape index (κ3) is 3.41. The van der Waals surface area contributed by atoms with Gasteiger partial charge in [-0.1, -0.05) is 30.3 Å². The van der Waals surface area contributed by atoms with Crippen molar-refractivity contribution in [3.63, 3.8) is 0 Å². The number of benzene rings is 2. The minimum atomic E-state index is -0.224. The number of carbonyl (C=O) groups excluding carboxylic acids is 1. The standard InChI is InChI=1S/C20H20FN3O2/c21-16-6-2-3-7-17(16)24-11-9-23(10-12-24)14-22-20(25)19-13-15-5-1-4-8-18(15)26-19/h1-8,13H,9-12,14H2,(H,22,25). The molecule has 1 saturated heterocycles. The summed E-state index contributed by atoms with van der Waals surface area (Å²) in [7, 11) is 0. The number of hydrogen-bond acceptors (Lipinski definition) is 4. The van der Waals surface area contributed by atoms with E-state index < -0.39 is 0 Å². The predicted octanol–water partition coefficient (Wildman–Crippen LogP) is 3.08. The molecule has 0 unspecified atom stereocenters. The van der Waals surface area contributed by atoms with Gasteiger partial charge in [0, 0.05) is 31.6 Å². The maximum Gasteiger partial charge on any atom is 0.288 e. The Morgan fingerprint density at radius 1 is 1.04 bits per heavy atom. The molecule has 1 N–H and O–H groups in total. The lowest BCUT2D eigenvalue weighted by Gasteiger charge is -2.36. The molecule has 1 fully saturated rings. The second kappa shape index (κ2) is 7.17. The Balaban J connectivity index is 1.31. The second-order valence-corrected chi connectivity index (χ2v) is 6.37. The highest BCUT2D eigenvalue weighted by atomic mass is 19.1. The Morgan fingerprint density at radius 3 is 2.54 bits per heavy atom. The molecule has 0 spiro atoms. The van der Waals surface area contributed by atoms with Crippen molar-refractivity contribution < 1.29 is 13.6 Å². The van der Waals surface area contributed by atoms with E-state index in [1.165, 1.54) is 6.07 Å². The number of nitrogens with zero attached hydrogens (tertiary/aromatic N) is 2. The summed E-state index contributed by atoms with van der Waals surface area (Å²) >= 11 is 0. The normalized spacial score (nSPS) is 15.3. The van der Waals surface area contributed by atoms with Gasteiger partial charge in [-0.15, -0.1) is 0 Å². The molecule has 1 amide bonds. The molecule has 0 saturated carbocycles. The second-order valence-electron chi connectivity index (χ2n) is 6.37. The van der Waals surface area contributed by atoms with Gasteiger partial charge in [-0.2, -0.15) is 0 Å². The molecular weight excluding hydrogens is 333 g/mol. The molecule has 26 heavy (non-hydrogen) atoms. The van der Waals surface area contributed by atoms with Crippen molar-refractivity contribution in [1.29, 1.82) is 0 Å². The summed E-state index contributed by atoms with van der Waals surface area (Å²) in [5, 5.41) is 3.81. The molecule has 0 radical (unpaired) electrons. The molecule has 5 nitrogen and oxygen atoms in total. The van der Waals surface area contributed by atoms with Crippen LogP contribution in [0.4, 0.5) is 10.1 Å². The van der Waals surface area contributed by atoms with E-state index >= 15 is 0 Å². The lowest BCUT2D eigenvalue weighted by Crippen LogP contribution is -2.50. The molecule has 0 aliphatic carbocycles. The maximum absolute atomic E-state index is 13.9. The van der Waals surface area contributed by atoms with Gasteiger partial charge in [0.05, 0.1) is 12.4 Å². The summed E-state index contributed by atoms with van der Waals surface area (Å²) in [6.07, 6.45) is 0. The summed E-state index contributed by atoms with van der Waals surface area (Å²) in [6.45, 7) is 3.41. The average Bonchev–Trinajstić information content (AvgIpc) is 3.11. The van der Waals surface area contributed by atoms with Crippen LogP contribution in [-0.4, -0.2) is 43.7 Å². The number of anilines is 1. The van der Waals surface area contributed by atoms with Gasteiger partial charge in [0.15, 0.2) is 5.76 Å². The van der Waals surface area contributed by atoms with E-state index in [2.05, 4.69) is 10.2 Å². The summed E-state index contributed by atoms with van der Waals surface area (Å²) in [5.74, 6) is -0.104. The van der Waals surface area contributed by atoms with Crippen molar-refractivity contribution in [3.05, 3.63) is 66.2 Å². The van der Waals surface area contributed by atoms with Gasteiger partial charge in [0.25, 0.3) is 5.91 Å². The van der Waals surface area contributed by atoms with Crippen LogP contribution in [0.3, 0.4) is 0 Å². The van der Waals surface area contributed by atoms with Crippen LogP contribution >= 0.6 is 0 Å². The monoisotopic (exact) mass is 353 g/mol. The molecule has 134 valence electrons. The molecule has 2 aromatic carbocycles. The van der Waals surface area contributed by atoms with Gasteiger partial charge in [0.2, 0.25) is 0 Å². The quantitative estimate of drug-likeness (QED) is 0.783. The number of para-hydroxylation sites is 2. The number of amides is 1. The van der Waals surface area contributed by atoms with E-state index in [1.54, 1.807) is 18.2 Å². The van der Waals surface area contributed by atoms with Gasteiger partial charge in [-0.25, -0.2) is 4.39 Å². The highest BCUT2D eigenvalue weighted by Gasteiger charge is 2.20. The van der Waals surface area contributed by atoms with E-state index in [1.807, 2.05) is 35.2 Å². The Kier molecular flexibility index (Phi) is 4.58. The zero-order valence-corrected chi connectivity index (χ0v) is 14.3. The van der Waals surface area contributed by atoms with Crippen LogP contribution in [0.5, 0.6) is 0 Å². The molecule has 1 aromatic heterocycles. The Bertz CT molecular complexity index is 883. The first-order valence-corrected chi connectivity index (χ1v) is 8.69. The van der Waals surface area contributed by atoms with Gasteiger partial charge in [0.1, 0.15) is 11.4 Å². The number of fused-ring (bicyclic) bond motifs is 1. The lowest BCUT2D eigenvalue weighted by atomic mass is 10.2. The summed E-state index contributed by atoms with van der Waals surface area (Å²) in [4.78, 5) is 16.5. The molecule has 0 atom stereocenters. The van der Waals surface area contributed by atoms with Crippen LogP contribution in [0, 0.1) is 5.82 Å². The van der Waals surface area contributed by atoms with E-state index in [9.17, 15) is 9.18 Å². The molecule has 3 aromatic rings. The smallest absolute Gasteiger partial charge is 0.288 e. The highest BCUT2D eigenvalue weighted by Crippen LogP contribution is 2.20. The fourth-order valence-corrected chi connectivity index (χ4v) is 3.22. The zero-order chi connectivity index (χ0) is 17.9. The molecule has 6 heteroatoms. The van der Waals surface area contributed by atoms with E-state index in [0.717, 1.165) is 31.6 Å². The number of furan rings is 1. The lowest BCUT2D eigenvalue weighted by molar-refractivity contribution is 0.0894. The predicted molar refractivity (Wildman–Crippen MR) is 98.7 cm³/mol. The van der Waals surface area contributed by atoms with Crippen molar-refractivity contribution in [3.8, 4) is 0 Å². The van der Waals surface area contributed by atoms with Gasteiger partial charge in [-0.05, 0) is 24.3 Å². The fraction of sp³-hybridized carbons (Fsp3) is 0.250. The summed E-state index contributed by atoms with van der Waals surface area (Å²) < 4.78 is 19.5. The Hall–Kier alpha value is -2.86. The fourth-order valence-electron chi connectivity index (χ4n) is 3.22. The van der Waals surface area contributed by atoms with Crippen LogP contribution in [-0.2, 0) is 0 Å². The molecule has 1 aliphatic rings. The van der Waals surface area contributed by atoms with Crippen LogP contribution in [0.2, 0.25) is 0 Å². The van der Waals surface area contributed by atoms with E-state index in [-0.39, 0.29) is 11.7 Å². The van der Waals surface area contributed by atoms with Crippen LogP contribution < -0.4 is 10.2 Å². The third-order valence-electron chi connectivity index (χ3n) is 4.68. The SMILES string of the molecule is O=C(NCN1CCN(c2ccccc2F)CC1)c1cc2ccccc2o1. The van der Waals surface area contributed by atoms with Crippen LogP contribution in [0.15, 0.2) is 59.0 Å². The number of halogens is 1. The first kappa shape index (κ1) is 16.6. The minimum Gasteiger partial charge on any atom is -0.451 e. The third-order valence-corrected chi connectivity index (χ3v) is 4.68. The largest absolute Gasteiger partial charge is 0.451 e. The summed E-state index contributed by atoms with van der Waals surface area (Å²) in [5.41, 5.74) is 1.34. The van der Waals surface area contributed by atoms with Gasteiger partial charge < -0.3 is 14.6 Å². The Labute approximate surface area is 151 Å². The average molecular weight is 353 g/mol. The molecule has 4 rings (SSSR count). The first-order chi connectivity index (χ1) is 12.7. The summed E-state index contributed by atoms with van der Waals surface area (Å²) in [6, 6.07) is 16.1. The van der Waals surface area contributed by atoms with Crippen molar-refractivity contribution in [2.45, 2.75) is 0 Å². The van der Waals surface area contributed by atoms with Crippen molar-refractivity contribution in [2.24, 2.45) is 0 Å². The maximum atomic E-state index is 13.9. The molecule has 1 aliphatic heterocycles. The van der Waals surface area contributed by atoms with Crippen molar-refractivity contribution >= 4 is 22.6 Å². The first-order valence-electron chi connectivity index (χ1n) is 8.69. The van der Waals surface area contributed by atoms with Gasteiger partial charge in [-0.3, -0.25) is 9.69 Å². The Morgan fingerprint density at radius 2 is 1.77 bits per heavy atom. The number of carbonyl (C=O) groups is 1. The van der Waals surface area contributed by atoms with Crippen LogP contribution in [0.1, 0.15) is 10.6 Å². The minimum absolute atomic E-state index is 0.195. The number of nitrogens with one attached hydrogen (secondary N) is 1. The van der Waals surface area contributed by atoms with E-state index in [4.69, 9.17) is 4.42 Å². The topological polar surface area (TPSA) is 48.7 Å². The molecule has 0 bridgehead atoms. The number of piperazine rings is 1. The highest BCUT2D eigenvalue weighted by molar-refractivity contribution is 5.95. The van der Waals surface area contributed by atoms with Crippen LogP contribution in [0.25, 0.3) is 11.0 Å². The number of rotatable bonds is 4. The zero-order valence-electron chi connectivity index (χ0n) is 14.3. The number of hydrogen-bond donors (Lipinski definition) is 1. The van der Waals surface area contributed by atoms with E-state index in [0.29, 0.717) is 23.7 Å².